The van der Waals surface area contributed by atoms with Gasteiger partial charge in [0.2, 0.25) is 0 Å². The second-order valence-electron chi connectivity index (χ2n) is 1.44. The van der Waals surface area contributed by atoms with Crippen LogP contribution >= 0.6 is 0 Å². The summed E-state index contributed by atoms with van der Waals surface area (Å²) in [4.78, 5) is 0. The molecule has 0 spiro atoms. The lowest BCUT2D eigenvalue weighted by atomic mass is 10.1. The van der Waals surface area contributed by atoms with Gasteiger partial charge in [0.15, 0.2) is 0 Å². The van der Waals surface area contributed by atoms with Crippen molar-refractivity contribution in [1.82, 2.24) is 0 Å². The molecule has 0 fully saturated rings. The molecule has 2 nitrogen and oxygen atoms in total. The highest BCUT2D eigenvalue weighted by Gasteiger charge is 1.99. The van der Waals surface area contributed by atoms with Crippen LogP contribution in [0.4, 0.5) is 0 Å². The van der Waals surface area contributed by atoms with Crippen LogP contribution in [-0.2, 0) is 0 Å². The molecule has 0 amide bonds. The quantitative estimate of drug-likeness (QED) is 0.483. The Kier molecular flexibility index (Phi) is 3.93. The topological polar surface area (TPSA) is 47.6 Å². The largest absolute Gasteiger partial charge is 0.197 e. The van der Waals surface area contributed by atoms with Crippen molar-refractivity contribution in [1.29, 1.82) is 10.5 Å². The van der Waals surface area contributed by atoms with Gasteiger partial charge in [-0.05, 0) is 6.92 Å². The third kappa shape index (κ3) is 3.15. The first kappa shape index (κ1) is 7.54. The van der Waals surface area contributed by atoms with Crippen molar-refractivity contribution >= 4 is 0 Å². The highest BCUT2D eigenvalue weighted by atomic mass is 14.3. The van der Waals surface area contributed by atoms with E-state index in [1.165, 1.54) is 0 Å². The molecular formula is C7H6N2. The van der Waals surface area contributed by atoms with Crippen molar-refractivity contribution in [3.63, 3.8) is 0 Å². The molecule has 0 saturated carbocycles. The average Bonchev–Trinajstić information content (AvgIpc) is 1.91. The van der Waals surface area contributed by atoms with Gasteiger partial charge in [-0.1, -0.05) is 0 Å². The van der Waals surface area contributed by atoms with Crippen molar-refractivity contribution < 1.29 is 0 Å². The van der Waals surface area contributed by atoms with Crippen LogP contribution in [-0.4, -0.2) is 0 Å². The van der Waals surface area contributed by atoms with Crippen molar-refractivity contribution in [3.8, 4) is 24.0 Å². The van der Waals surface area contributed by atoms with Crippen LogP contribution < -0.4 is 0 Å². The van der Waals surface area contributed by atoms with E-state index < -0.39 is 5.92 Å². The molecule has 0 heterocycles. The number of rotatable bonds is 1. The lowest BCUT2D eigenvalue weighted by Crippen LogP contribution is -1.88. The molecule has 0 aromatic carbocycles. The smallest absolute Gasteiger partial charge is 0.144 e. The van der Waals surface area contributed by atoms with Crippen LogP contribution in [0.2, 0.25) is 0 Å². The Morgan fingerprint density at radius 1 is 1.33 bits per heavy atom. The van der Waals surface area contributed by atoms with Crippen molar-refractivity contribution in [2.24, 2.45) is 5.92 Å². The zero-order valence-electron chi connectivity index (χ0n) is 5.18. The molecule has 0 atom stereocenters. The van der Waals surface area contributed by atoms with Gasteiger partial charge < -0.3 is 0 Å². The Labute approximate surface area is 54.7 Å². The molecule has 0 radical (unpaired) electrons. The first-order chi connectivity index (χ1) is 4.35. The molecule has 0 aromatic rings. The van der Waals surface area contributed by atoms with E-state index in [0.29, 0.717) is 6.42 Å². The molecule has 44 valence electrons. The van der Waals surface area contributed by atoms with Gasteiger partial charge in [-0.3, -0.25) is 0 Å². The Hall–Kier alpha value is -1.46. The maximum absolute atomic E-state index is 8.21. The summed E-state index contributed by atoms with van der Waals surface area (Å²) in [6.45, 7) is 1.69. The standard InChI is InChI=1S/C7H6N2/c1-2-3-4-7(5-8)6-9/h7H,4H2,1H3. The van der Waals surface area contributed by atoms with Crippen LogP contribution in [0, 0.1) is 40.4 Å². The predicted octanol–water partition coefficient (Wildman–Crippen LogP) is 1.06. The van der Waals surface area contributed by atoms with Crippen LogP contribution in [0.15, 0.2) is 0 Å². The van der Waals surface area contributed by atoms with Crippen molar-refractivity contribution in [2.45, 2.75) is 13.3 Å². The van der Waals surface area contributed by atoms with E-state index in [4.69, 9.17) is 10.5 Å². The van der Waals surface area contributed by atoms with E-state index in [0.717, 1.165) is 0 Å². The van der Waals surface area contributed by atoms with Crippen LogP contribution in [0.3, 0.4) is 0 Å². The van der Waals surface area contributed by atoms with Crippen LogP contribution in [0.5, 0.6) is 0 Å². The fraction of sp³-hybridized carbons (Fsp3) is 0.429. The van der Waals surface area contributed by atoms with Crippen molar-refractivity contribution in [3.05, 3.63) is 0 Å². The lowest BCUT2D eigenvalue weighted by molar-refractivity contribution is 0.882. The monoisotopic (exact) mass is 118 g/mol. The van der Waals surface area contributed by atoms with Crippen molar-refractivity contribution in [2.75, 3.05) is 0 Å². The molecule has 0 bridgehead atoms. The maximum Gasteiger partial charge on any atom is 0.144 e. The van der Waals surface area contributed by atoms with Crippen LogP contribution in [0.1, 0.15) is 13.3 Å². The summed E-state index contributed by atoms with van der Waals surface area (Å²) in [5.41, 5.74) is 0. The summed E-state index contributed by atoms with van der Waals surface area (Å²) < 4.78 is 0. The summed E-state index contributed by atoms with van der Waals surface area (Å²) in [5, 5.41) is 16.4. The zero-order valence-corrected chi connectivity index (χ0v) is 5.18. The van der Waals surface area contributed by atoms with Gasteiger partial charge in [0.25, 0.3) is 0 Å². The van der Waals surface area contributed by atoms with Gasteiger partial charge in [0, 0.05) is 6.42 Å². The minimum Gasteiger partial charge on any atom is -0.197 e. The van der Waals surface area contributed by atoms with Gasteiger partial charge in [0.1, 0.15) is 5.92 Å². The van der Waals surface area contributed by atoms with Gasteiger partial charge in [0.05, 0.1) is 12.1 Å². The SMILES string of the molecule is CC#CCC(C#N)C#N. The Balaban J connectivity index is 3.73. The van der Waals surface area contributed by atoms with E-state index in [1.807, 2.05) is 12.1 Å². The molecular weight excluding hydrogens is 112 g/mol. The Morgan fingerprint density at radius 2 is 1.89 bits per heavy atom. The molecule has 0 unspecified atom stereocenters. The molecule has 9 heavy (non-hydrogen) atoms. The van der Waals surface area contributed by atoms with Gasteiger partial charge in [-0.15, -0.1) is 11.8 Å². The number of nitrogens with zero attached hydrogens (tertiary/aromatic N) is 2. The van der Waals surface area contributed by atoms with Crippen LogP contribution in [0.25, 0.3) is 0 Å². The third-order valence-corrected chi connectivity index (χ3v) is 0.795. The molecule has 0 saturated heterocycles. The summed E-state index contributed by atoms with van der Waals surface area (Å²) in [7, 11) is 0. The van der Waals surface area contributed by atoms with Gasteiger partial charge in [-0.25, -0.2) is 0 Å². The first-order valence-electron chi connectivity index (χ1n) is 2.54. The summed E-state index contributed by atoms with van der Waals surface area (Å²) >= 11 is 0. The lowest BCUT2D eigenvalue weighted by Gasteiger charge is -1.85. The molecule has 0 aliphatic rings. The van der Waals surface area contributed by atoms with Gasteiger partial charge >= 0.3 is 0 Å². The second kappa shape index (κ2) is 4.69. The maximum atomic E-state index is 8.21. The molecule has 0 rings (SSSR count). The molecule has 0 aliphatic carbocycles. The third-order valence-electron chi connectivity index (χ3n) is 0.795. The Bertz CT molecular complexity index is 192. The summed E-state index contributed by atoms with van der Waals surface area (Å²) in [6, 6.07) is 3.65. The highest BCUT2D eigenvalue weighted by molar-refractivity contribution is 5.08. The Morgan fingerprint density at radius 3 is 2.22 bits per heavy atom. The molecule has 0 aliphatic heterocycles. The zero-order chi connectivity index (χ0) is 7.11. The average molecular weight is 118 g/mol. The fourth-order valence-electron chi connectivity index (χ4n) is 0.324. The highest BCUT2D eigenvalue weighted by Crippen LogP contribution is 1.95. The molecule has 0 aromatic heterocycles. The second-order valence-corrected chi connectivity index (χ2v) is 1.44. The van der Waals surface area contributed by atoms with E-state index in [9.17, 15) is 0 Å². The molecule has 0 N–H and O–H groups in total. The van der Waals surface area contributed by atoms with Gasteiger partial charge in [-0.2, -0.15) is 10.5 Å². The minimum absolute atomic E-state index is 0.365. The number of nitriles is 2. The first-order valence-corrected chi connectivity index (χ1v) is 2.54. The van der Waals surface area contributed by atoms with E-state index in [2.05, 4.69) is 11.8 Å². The number of hydrogen-bond donors (Lipinski definition) is 0. The van der Waals surface area contributed by atoms with E-state index in [1.54, 1.807) is 6.92 Å². The van der Waals surface area contributed by atoms with E-state index in [-0.39, 0.29) is 0 Å². The summed E-state index contributed by atoms with van der Waals surface area (Å²) in [6.07, 6.45) is 0.365. The molecule has 2 heteroatoms. The normalized spacial score (nSPS) is 6.67. The predicted molar refractivity (Wildman–Crippen MR) is 32.8 cm³/mol. The summed E-state index contributed by atoms with van der Waals surface area (Å²) in [5.74, 6) is 4.71. The van der Waals surface area contributed by atoms with E-state index >= 15 is 0 Å². The number of hydrogen-bond acceptors (Lipinski definition) is 2. The minimum atomic E-state index is -0.558. The fourth-order valence-corrected chi connectivity index (χ4v) is 0.324.